The fourth-order valence-electron chi connectivity index (χ4n) is 3.27. The Hall–Kier alpha value is -0.970. The highest BCUT2D eigenvalue weighted by molar-refractivity contribution is 5.11. The zero-order valence-corrected chi connectivity index (χ0v) is 13.0. The Bertz CT molecular complexity index is 383. The van der Waals surface area contributed by atoms with E-state index in [9.17, 15) is 0 Å². The van der Waals surface area contributed by atoms with Gasteiger partial charge in [-0.15, -0.1) is 0 Å². The molecule has 1 fully saturated rings. The van der Waals surface area contributed by atoms with Crippen molar-refractivity contribution in [2.75, 3.05) is 33.7 Å². The summed E-state index contributed by atoms with van der Waals surface area (Å²) < 4.78 is 0. The third kappa shape index (κ3) is 4.01. The van der Waals surface area contributed by atoms with Crippen LogP contribution in [0.5, 0.6) is 0 Å². The average Bonchev–Trinajstić information content (AvgIpc) is 2.41. The van der Waals surface area contributed by atoms with Crippen LogP contribution in [0.1, 0.15) is 31.5 Å². The van der Waals surface area contributed by atoms with Crippen LogP contribution in [0.15, 0.2) is 24.4 Å². The smallest absolute Gasteiger partial charge is 0.0670 e. The molecule has 2 unspecified atom stereocenters. The van der Waals surface area contributed by atoms with Gasteiger partial charge in [-0.3, -0.25) is 9.88 Å². The quantitative estimate of drug-likeness (QED) is 0.890. The van der Waals surface area contributed by atoms with Crippen LogP contribution in [0, 0.1) is 5.92 Å². The van der Waals surface area contributed by atoms with E-state index in [1.54, 1.807) is 0 Å². The summed E-state index contributed by atoms with van der Waals surface area (Å²) in [5, 5.41) is 0. The Labute approximate surface area is 123 Å². The van der Waals surface area contributed by atoms with Gasteiger partial charge in [0.1, 0.15) is 0 Å². The second kappa shape index (κ2) is 7.16. The van der Waals surface area contributed by atoms with Gasteiger partial charge in [-0.25, -0.2) is 0 Å². The highest BCUT2D eigenvalue weighted by Crippen LogP contribution is 2.27. The normalized spacial score (nSPS) is 21.1. The van der Waals surface area contributed by atoms with E-state index in [1.807, 2.05) is 12.3 Å². The van der Waals surface area contributed by atoms with Gasteiger partial charge in [0.05, 0.1) is 11.7 Å². The summed E-state index contributed by atoms with van der Waals surface area (Å²) in [6.07, 6.45) is 4.38. The highest BCUT2D eigenvalue weighted by atomic mass is 15.2. The zero-order valence-electron chi connectivity index (χ0n) is 13.0. The summed E-state index contributed by atoms with van der Waals surface area (Å²) in [7, 11) is 4.32. The van der Waals surface area contributed by atoms with E-state index in [4.69, 9.17) is 5.73 Å². The maximum absolute atomic E-state index is 6.23. The molecule has 1 aromatic heterocycles. The van der Waals surface area contributed by atoms with Crippen LogP contribution in [-0.4, -0.2) is 54.6 Å². The Kier molecular flexibility index (Phi) is 5.52. The molecule has 2 atom stereocenters. The van der Waals surface area contributed by atoms with Crippen molar-refractivity contribution in [2.45, 2.75) is 31.8 Å². The van der Waals surface area contributed by atoms with Gasteiger partial charge in [0.25, 0.3) is 0 Å². The monoisotopic (exact) mass is 276 g/mol. The molecule has 0 aliphatic carbocycles. The van der Waals surface area contributed by atoms with Crippen molar-refractivity contribution in [1.82, 2.24) is 14.8 Å². The SMILES string of the molecule is CC(N)C(c1ccccn1)N1CCC(CN(C)C)CC1. The molecule has 112 valence electrons. The van der Waals surface area contributed by atoms with Crippen molar-refractivity contribution in [1.29, 1.82) is 0 Å². The molecule has 1 aromatic rings. The fraction of sp³-hybridized carbons (Fsp3) is 0.688. The molecule has 0 bridgehead atoms. The number of likely N-dealkylation sites (tertiary alicyclic amines) is 1. The Morgan fingerprint density at radius 1 is 1.35 bits per heavy atom. The van der Waals surface area contributed by atoms with E-state index < -0.39 is 0 Å². The molecule has 0 radical (unpaired) electrons. The second-order valence-electron chi connectivity index (χ2n) is 6.30. The Morgan fingerprint density at radius 3 is 2.55 bits per heavy atom. The van der Waals surface area contributed by atoms with Gasteiger partial charge in [0.2, 0.25) is 0 Å². The van der Waals surface area contributed by atoms with Crippen LogP contribution in [0.25, 0.3) is 0 Å². The number of rotatable bonds is 5. The number of hydrogen-bond donors (Lipinski definition) is 1. The third-order valence-corrected chi connectivity index (χ3v) is 4.15. The van der Waals surface area contributed by atoms with Crippen LogP contribution in [0.2, 0.25) is 0 Å². The summed E-state index contributed by atoms with van der Waals surface area (Å²) in [5.41, 5.74) is 7.33. The summed E-state index contributed by atoms with van der Waals surface area (Å²) in [5.74, 6) is 0.818. The maximum atomic E-state index is 6.23. The predicted octanol–water partition coefficient (Wildman–Crippen LogP) is 1.74. The van der Waals surface area contributed by atoms with Crippen molar-refractivity contribution < 1.29 is 0 Å². The van der Waals surface area contributed by atoms with E-state index >= 15 is 0 Å². The molecular formula is C16H28N4. The largest absolute Gasteiger partial charge is 0.326 e. The van der Waals surface area contributed by atoms with E-state index in [0.717, 1.165) is 24.7 Å². The highest BCUT2D eigenvalue weighted by Gasteiger charge is 2.29. The summed E-state index contributed by atoms with van der Waals surface area (Å²) in [6.45, 7) is 5.54. The van der Waals surface area contributed by atoms with Crippen LogP contribution in [0.4, 0.5) is 0 Å². The van der Waals surface area contributed by atoms with Crippen molar-refractivity contribution in [3.63, 3.8) is 0 Å². The number of pyridine rings is 1. The summed E-state index contributed by atoms with van der Waals surface area (Å²) in [4.78, 5) is 9.32. The van der Waals surface area contributed by atoms with E-state index in [2.05, 4.69) is 47.9 Å². The molecule has 1 aliphatic rings. The van der Waals surface area contributed by atoms with E-state index in [1.165, 1.54) is 19.4 Å². The number of nitrogens with zero attached hydrogens (tertiary/aromatic N) is 3. The van der Waals surface area contributed by atoms with Crippen LogP contribution < -0.4 is 5.73 Å². The molecule has 0 aromatic carbocycles. The third-order valence-electron chi connectivity index (χ3n) is 4.15. The van der Waals surface area contributed by atoms with Crippen molar-refractivity contribution >= 4 is 0 Å². The molecule has 1 saturated heterocycles. The zero-order chi connectivity index (χ0) is 14.5. The lowest BCUT2D eigenvalue weighted by Gasteiger charge is -2.39. The van der Waals surface area contributed by atoms with Gasteiger partial charge in [0.15, 0.2) is 0 Å². The van der Waals surface area contributed by atoms with Gasteiger partial charge >= 0.3 is 0 Å². The Morgan fingerprint density at radius 2 is 2.05 bits per heavy atom. The molecule has 2 rings (SSSR count). The van der Waals surface area contributed by atoms with Crippen LogP contribution >= 0.6 is 0 Å². The maximum Gasteiger partial charge on any atom is 0.0670 e. The average molecular weight is 276 g/mol. The second-order valence-corrected chi connectivity index (χ2v) is 6.30. The number of aromatic nitrogens is 1. The van der Waals surface area contributed by atoms with E-state index in [0.29, 0.717) is 0 Å². The van der Waals surface area contributed by atoms with Gasteiger partial charge in [-0.05, 0) is 65.0 Å². The van der Waals surface area contributed by atoms with Gasteiger partial charge in [0, 0.05) is 18.8 Å². The number of piperidine rings is 1. The molecule has 4 nitrogen and oxygen atoms in total. The van der Waals surface area contributed by atoms with Crippen molar-refractivity contribution in [3.05, 3.63) is 30.1 Å². The van der Waals surface area contributed by atoms with E-state index in [-0.39, 0.29) is 12.1 Å². The molecule has 0 amide bonds. The topological polar surface area (TPSA) is 45.4 Å². The first-order valence-corrected chi connectivity index (χ1v) is 7.63. The molecule has 0 saturated carbocycles. The first-order chi connectivity index (χ1) is 9.58. The number of nitrogens with two attached hydrogens (primary N) is 1. The van der Waals surface area contributed by atoms with Gasteiger partial charge < -0.3 is 10.6 Å². The fourth-order valence-corrected chi connectivity index (χ4v) is 3.27. The van der Waals surface area contributed by atoms with Crippen LogP contribution in [0.3, 0.4) is 0 Å². The first kappa shape index (κ1) is 15.4. The lowest BCUT2D eigenvalue weighted by atomic mass is 9.93. The van der Waals surface area contributed by atoms with Gasteiger partial charge in [-0.1, -0.05) is 6.07 Å². The molecule has 2 N–H and O–H groups in total. The predicted molar refractivity (Wildman–Crippen MR) is 83.5 cm³/mol. The van der Waals surface area contributed by atoms with Crippen molar-refractivity contribution in [2.24, 2.45) is 11.7 Å². The van der Waals surface area contributed by atoms with Crippen LogP contribution in [-0.2, 0) is 0 Å². The molecule has 1 aliphatic heterocycles. The molecule has 4 heteroatoms. The van der Waals surface area contributed by atoms with Crippen molar-refractivity contribution in [3.8, 4) is 0 Å². The minimum absolute atomic E-state index is 0.107. The summed E-state index contributed by atoms with van der Waals surface area (Å²) in [6, 6.07) is 6.47. The lowest BCUT2D eigenvalue weighted by Crippen LogP contribution is -2.45. The summed E-state index contributed by atoms with van der Waals surface area (Å²) >= 11 is 0. The molecule has 0 spiro atoms. The Balaban J connectivity index is 1.99. The first-order valence-electron chi connectivity index (χ1n) is 7.63. The minimum atomic E-state index is 0.107. The lowest BCUT2D eigenvalue weighted by molar-refractivity contribution is 0.106. The van der Waals surface area contributed by atoms with Gasteiger partial charge in [-0.2, -0.15) is 0 Å². The molecule has 20 heavy (non-hydrogen) atoms. The molecule has 2 heterocycles. The number of hydrogen-bond acceptors (Lipinski definition) is 4. The minimum Gasteiger partial charge on any atom is -0.326 e. The molecular weight excluding hydrogens is 248 g/mol. The standard InChI is InChI=1S/C16H28N4/c1-13(17)16(15-6-4-5-9-18-15)20-10-7-14(8-11-20)12-19(2)3/h4-6,9,13-14,16H,7-8,10-12,17H2,1-3H3.